The van der Waals surface area contributed by atoms with Crippen LogP contribution in [0.25, 0.3) is 0 Å². The second-order valence-corrected chi connectivity index (χ2v) is 16.1. The van der Waals surface area contributed by atoms with Gasteiger partial charge in [0.1, 0.15) is 12.7 Å². The Hall–Kier alpha value is -2.67. The van der Waals surface area contributed by atoms with Crippen molar-refractivity contribution in [3.8, 4) is 0 Å². The van der Waals surface area contributed by atoms with E-state index in [0.29, 0.717) is 12.8 Å². The topological polar surface area (TPSA) is 189 Å². The van der Waals surface area contributed by atoms with Gasteiger partial charge in [0, 0.05) is 12.8 Å². The number of hydrogen-bond donors (Lipinski definition) is 5. The van der Waals surface area contributed by atoms with Crippen LogP contribution in [0, 0.1) is 0 Å². The van der Waals surface area contributed by atoms with Crippen LogP contribution in [0.5, 0.6) is 0 Å². The summed E-state index contributed by atoms with van der Waals surface area (Å²) in [5.74, 6) is -1.28. The maximum absolute atomic E-state index is 12.6. The van der Waals surface area contributed by atoms with Crippen LogP contribution in [0.15, 0.2) is 72.9 Å². The zero-order valence-electron chi connectivity index (χ0n) is 36.2. The van der Waals surface area contributed by atoms with Gasteiger partial charge >= 0.3 is 19.8 Å². The molecule has 5 N–H and O–H groups in total. The van der Waals surface area contributed by atoms with E-state index in [2.05, 4.69) is 67.0 Å². The molecule has 0 aliphatic rings. The van der Waals surface area contributed by atoms with Crippen LogP contribution in [0.1, 0.15) is 155 Å². The molecule has 340 valence electrons. The summed E-state index contributed by atoms with van der Waals surface area (Å²) < 4.78 is 32.5. The molecule has 0 aromatic heterocycles. The third kappa shape index (κ3) is 39.2. The number of carbonyl (C=O) groups excluding carboxylic acids is 2. The van der Waals surface area contributed by atoms with E-state index in [1.807, 2.05) is 24.3 Å². The number of esters is 2. The van der Waals surface area contributed by atoms with E-state index < -0.39 is 70.6 Å². The zero-order chi connectivity index (χ0) is 43.7. The highest BCUT2D eigenvalue weighted by Gasteiger charge is 2.27. The van der Waals surface area contributed by atoms with E-state index in [-0.39, 0.29) is 32.1 Å². The molecule has 59 heavy (non-hydrogen) atoms. The molecule has 0 amide bonds. The predicted octanol–water partition coefficient (Wildman–Crippen LogP) is 9.61. The smallest absolute Gasteiger partial charge is 0.462 e. The quantitative estimate of drug-likeness (QED) is 0.0170. The molecule has 0 spiro atoms. The van der Waals surface area contributed by atoms with Crippen molar-refractivity contribution in [3.63, 3.8) is 0 Å². The van der Waals surface area contributed by atoms with Gasteiger partial charge in [-0.1, -0.05) is 132 Å². The largest absolute Gasteiger partial charge is 0.472 e. The molecule has 0 saturated heterocycles. The van der Waals surface area contributed by atoms with Gasteiger partial charge in [-0.05, 0) is 83.5 Å². The van der Waals surface area contributed by atoms with Crippen molar-refractivity contribution in [2.75, 3.05) is 26.4 Å². The third-order valence-electron chi connectivity index (χ3n) is 9.03. The summed E-state index contributed by atoms with van der Waals surface area (Å²) in [6.45, 7) is 1.94. The standard InChI is InChI=1S/C46H79O12P/c1-3-5-7-9-11-13-15-17-18-19-20-21-23-25-27-29-31-35-46(52)58-42(40-57-59(53,54)56-38-41(48)37-47)39-55-45(51)36-32-34-44(50)43(49)33-30-28-26-24-22-16-14-12-10-8-6-4-2/h12,14,17-18,20-22,24-25,27-28,30,41-44,47-50H,3-11,13,15-16,19,23,26,29,31-40H2,1-2H3,(H,53,54)/b14-12-,18-17-,21-20-,24-22-,27-25-,30-28-/t41-,42+,43?,44?/m0/s1. The average Bonchev–Trinajstić information content (AvgIpc) is 3.22. The number of phosphoric acid groups is 1. The van der Waals surface area contributed by atoms with Gasteiger partial charge in [0.15, 0.2) is 6.10 Å². The van der Waals surface area contributed by atoms with Crippen LogP contribution in [0.2, 0.25) is 0 Å². The fraction of sp³-hybridized carbons (Fsp3) is 0.696. The molecule has 0 heterocycles. The zero-order valence-corrected chi connectivity index (χ0v) is 37.1. The number of aliphatic hydroxyl groups excluding tert-OH is 4. The first-order valence-electron chi connectivity index (χ1n) is 22.1. The van der Waals surface area contributed by atoms with Crippen LogP contribution in [-0.2, 0) is 32.7 Å². The van der Waals surface area contributed by atoms with Crippen LogP contribution < -0.4 is 0 Å². The molecule has 0 saturated carbocycles. The minimum atomic E-state index is -4.70. The molecule has 0 aliphatic heterocycles. The highest BCUT2D eigenvalue weighted by molar-refractivity contribution is 7.47. The van der Waals surface area contributed by atoms with Crippen molar-refractivity contribution in [1.82, 2.24) is 0 Å². The lowest BCUT2D eigenvalue weighted by molar-refractivity contribution is -0.161. The van der Waals surface area contributed by atoms with E-state index >= 15 is 0 Å². The minimum Gasteiger partial charge on any atom is -0.462 e. The van der Waals surface area contributed by atoms with Crippen molar-refractivity contribution in [3.05, 3.63) is 72.9 Å². The Balaban J connectivity index is 4.63. The fourth-order valence-electron chi connectivity index (χ4n) is 5.46. The molecular formula is C46H79O12P. The number of carbonyl (C=O) groups is 2. The van der Waals surface area contributed by atoms with E-state index in [9.17, 15) is 34.4 Å². The number of phosphoric ester groups is 1. The van der Waals surface area contributed by atoms with Gasteiger partial charge in [-0.15, -0.1) is 0 Å². The summed E-state index contributed by atoms with van der Waals surface area (Å²) in [4.78, 5) is 35.0. The molecule has 0 bridgehead atoms. The Bertz CT molecular complexity index is 1240. The second-order valence-electron chi connectivity index (χ2n) is 14.7. The molecule has 0 aliphatic carbocycles. The van der Waals surface area contributed by atoms with Crippen molar-refractivity contribution in [2.24, 2.45) is 0 Å². The van der Waals surface area contributed by atoms with Gasteiger partial charge in [0.05, 0.1) is 32.0 Å². The summed E-state index contributed by atoms with van der Waals surface area (Å²) in [6.07, 6.45) is 39.0. The summed E-state index contributed by atoms with van der Waals surface area (Å²) in [6, 6.07) is 0. The van der Waals surface area contributed by atoms with Crippen LogP contribution in [0.3, 0.4) is 0 Å². The van der Waals surface area contributed by atoms with Crippen LogP contribution in [0.4, 0.5) is 0 Å². The number of rotatable bonds is 40. The van der Waals surface area contributed by atoms with Gasteiger partial charge in [-0.3, -0.25) is 18.6 Å². The molecule has 13 heteroatoms. The molecule has 0 fully saturated rings. The first kappa shape index (κ1) is 56.3. The van der Waals surface area contributed by atoms with Gasteiger partial charge in [0.25, 0.3) is 0 Å². The van der Waals surface area contributed by atoms with E-state index in [4.69, 9.17) is 19.1 Å². The number of unbranched alkanes of at least 4 members (excludes halogenated alkanes) is 10. The Morgan fingerprint density at radius 3 is 1.63 bits per heavy atom. The lowest BCUT2D eigenvalue weighted by Gasteiger charge is -2.20. The van der Waals surface area contributed by atoms with Gasteiger partial charge in [0.2, 0.25) is 0 Å². The van der Waals surface area contributed by atoms with Gasteiger partial charge in [-0.2, -0.15) is 0 Å². The SMILES string of the molecule is CCCCC/C=C\C/C=C\C/C=C\CC(O)C(O)CCCC(=O)OC[C@H](COP(=O)(O)OC[C@@H](O)CO)OC(=O)CCC/C=C\C/C=C\C/C=C\CCCCCCCC. The van der Waals surface area contributed by atoms with Crippen molar-refractivity contribution >= 4 is 19.8 Å². The summed E-state index contributed by atoms with van der Waals surface area (Å²) in [7, 11) is -4.70. The Labute approximate surface area is 355 Å². The second kappa shape index (κ2) is 40.7. The monoisotopic (exact) mass is 855 g/mol. The molecule has 5 atom stereocenters. The molecule has 0 aromatic rings. The normalized spacial score (nSPS) is 15.6. The third-order valence-corrected chi connectivity index (χ3v) is 9.98. The van der Waals surface area contributed by atoms with E-state index in [1.54, 1.807) is 0 Å². The van der Waals surface area contributed by atoms with Crippen molar-refractivity contribution in [2.45, 2.75) is 180 Å². The van der Waals surface area contributed by atoms with Crippen LogP contribution in [-0.4, -0.2) is 88.1 Å². The first-order chi connectivity index (χ1) is 28.5. The lowest BCUT2D eigenvalue weighted by atomic mass is 10.0. The highest BCUT2D eigenvalue weighted by atomic mass is 31.2. The van der Waals surface area contributed by atoms with Gasteiger partial charge in [-0.25, -0.2) is 4.57 Å². The number of aliphatic hydroxyl groups is 4. The Morgan fingerprint density at radius 1 is 0.559 bits per heavy atom. The summed E-state index contributed by atoms with van der Waals surface area (Å²) in [5, 5.41) is 39.0. The summed E-state index contributed by atoms with van der Waals surface area (Å²) in [5.41, 5.74) is 0. The maximum atomic E-state index is 12.6. The van der Waals surface area contributed by atoms with Gasteiger partial charge < -0.3 is 34.8 Å². The number of allylic oxidation sites excluding steroid dienone is 11. The number of ether oxygens (including phenoxy) is 2. The Kier molecular flexibility index (Phi) is 38.9. The number of hydrogen-bond acceptors (Lipinski definition) is 11. The molecule has 0 aromatic carbocycles. The first-order valence-corrected chi connectivity index (χ1v) is 23.6. The average molecular weight is 855 g/mol. The maximum Gasteiger partial charge on any atom is 0.472 e. The highest BCUT2D eigenvalue weighted by Crippen LogP contribution is 2.43. The Morgan fingerprint density at radius 2 is 1.03 bits per heavy atom. The molecule has 12 nitrogen and oxygen atoms in total. The van der Waals surface area contributed by atoms with E-state index in [1.165, 1.54) is 57.8 Å². The molecule has 0 radical (unpaired) electrons. The van der Waals surface area contributed by atoms with Crippen LogP contribution >= 0.6 is 7.82 Å². The van der Waals surface area contributed by atoms with Crippen molar-refractivity contribution < 1.29 is 58.0 Å². The predicted molar refractivity (Wildman–Crippen MR) is 235 cm³/mol. The summed E-state index contributed by atoms with van der Waals surface area (Å²) >= 11 is 0. The lowest BCUT2D eigenvalue weighted by Crippen LogP contribution is -2.30. The minimum absolute atomic E-state index is 0.0486. The fourth-order valence-corrected chi connectivity index (χ4v) is 6.25. The molecule has 3 unspecified atom stereocenters. The molecular weight excluding hydrogens is 775 g/mol. The van der Waals surface area contributed by atoms with Crippen molar-refractivity contribution in [1.29, 1.82) is 0 Å². The van der Waals surface area contributed by atoms with E-state index in [0.717, 1.165) is 38.5 Å². The molecule has 0 rings (SSSR count).